The molecule has 0 atom stereocenters. The first-order valence-corrected chi connectivity index (χ1v) is 7.39. The monoisotopic (exact) mass is 276 g/mol. The highest BCUT2D eigenvalue weighted by molar-refractivity contribution is 5.77. The molecule has 0 aliphatic carbocycles. The minimum atomic E-state index is 0.563. The molecule has 0 unspecified atom stereocenters. The lowest BCUT2D eigenvalue weighted by atomic mass is 10.1. The predicted molar refractivity (Wildman–Crippen MR) is 88.3 cm³/mol. The van der Waals surface area contributed by atoms with Crippen molar-refractivity contribution in [1.29, 1.82) is 0 Å². The van der Waals surface area contributed by atoms with Crippen LogP contribution in [0.5, 0.6) is 0 Å². The van der Waals surface area contributed by atoms with Gasteiger partial charge >= 0.3 is 0 Å². The van der Waals surface area contributed by atoms with E-state index in [2.05, 4.69) is 60.4 Å². The fraction of sp³-hybridized carbons (Fsp3) is 0.562. The number of para-hydroxylation sites is 1. The second kappa shape index (κ2) is 9.23. The van der Waals surface area contributed by atoms with Gasteiger partial charge in [-0.05, 0) is 30.9 Å². The third kappa shape index (κ3) is 7.02. The summed E-state index contributed by atoms with van der Waals surface area (Å²) < 4.78 is 0. The quantitative estimate of drug-likeness (QED) is 0.436. The lowest BCUT2D eigenvalue weighted by Crippen LogP contribution is -2.33. The average molecular weight is 276 g/mol. The van der Waals surface area contributed by atoms with Gasteiger partial charge < -0.3 is 16.0 Å². The third-order valence-corrected chi connectivity index (χ3v) is 3.16. The van der Waals surface area contributed by atoms with Crippen LogP contribution >= 0.6 is 0 Å². The van der Waals surface area contributed by atoms with Crippen LogP contribution in [0.2, 0.25) is 0 Å². The van der Waals surface area contributed by atoms with Gasteiger partial charge in [0.25, 0.3) is 0 Å². The molecule has 0 aliphatic heterocycles. The molecular formula is C16H28N4. The number of anilines is 1. The average Bonchev–Trinajstić information content (AvgIpc) is 2.44. The zero-order valence-electron chi connectivity index (χ0n) is 13.0. The first-order valence-electron chi connectivity index (χ1n) is 7.39. The molecule has 0 bridgehead atoms. The smallest absolute Gasteiger partial charge is 0.188 e. The van der Waals surface area contributed by atoms with E-state index in [1.807, 2.05) is 6.07 Å². The van der Waals surface area contributed by atoms with Crippen molar-refractivity contribution in [2.75, 3.05) is 31.6 Å². The molecule has 112 valence electrons. The standard InChI is InChI=1S/C16H28N4/c1-14(2)10-12-19-16(17)18-11-7-13-20(3)15-8-5-4-6-9-15/h4-6,8-9,14H,7,10-13H2,1-3H3,(H3,17,18,19). The number of benzene rings is 1. The summed E-state index contributed by atoms with van der Waals surface area (Å²) in [5.41, 5.74) is 7.05. The number of nitrogens with two attached hydrogens (primary N) is 1. The van der Waals surface area contributed by atoms with Crippen molar-refractivity contribution < 1.29 is 0 Å². The molecule has 0 saturated heterocycles. The number of rotatable bonds is 8. The topological polar surface area (TPSA) is 53.6 Å². The molecule has 0 spiro atoms. The van der Waals surface area contributed by atoms with Crippen LogP contribution in [-0.2, 0) is 0 Å². The van der Waals surface area contributed by atoms with Gasteiger partial charge in [0, 0.05) is 32.4 Å². The van der Waals surface area contributed by atoms with E-state index in [0.29, 0.717) is 11.9 Å². The van der Waals surface area contributed by atoms with Crippen molar-refractivity contribution in [2.45, 2.75) is 26.7 Å². The maximum Gasteiger partial charge on any atom is 0.188 e. The molecule has 20 heavy (non-hydrogen) atoms. The Kier molecular flexibility index (Phi) is 7.55. The second-order valence-electron chi connectivity index (χ2n) is 5.49. The Morgan fingerprint density at radius 2 is 2.00 bits per heavy atom. The van der Waals surface area contributed by atoms with Crippen molar-refractivity contribution in [2.24, 2.45) is 16.6 Å². The van der Waals surface area contributed by atoms with Gasteiger partial charge in [0.2, 0.25) is 0 Å². The van der Waals surface area contributed by atoms with Gasteiger partial charge in [-0.3, -0.25) is 4.99 Å². The normalized spacial score (nSPS) is 11.7. The predicted octanol–water partition coefficient (Wildman–Crippen LogP) is 2.46. The summed E-state index contributed by atoms with van der Waals surface area (Å²) in [6, 6.07) is 10.4. The fourth-order valence-corrected chi connectivity index (χ4v) is 1.86. The van der Waals surface area contributed by atoms with Crippen LogP contribution in [0.3, 0.4) is 0 Å². The number of hydrogen-bond acceptors (Lipinski definition) is 2. The molecule has 0 aliphatic rings. The molecule has 0 aromatic heterocycles. The zero-order chi connectivity index (χ0) is 14.8. The molecule has 4 nitrogen and oxygen atoms in total. The van der Waals surface area contributed by atoms with Crippen molar-refractivity contribution in [3.8, 4) is 0 Å². The Labute approximate surface area is 123 Å². The maximum atomic E-state index is 5.81. The number of nitrogens with zero attached hydrogens (tertiary/aromatic N) is 2. The Hall–Kier alpha value is -1.71. The van der Waals surface area contributed by atoms with Crippen LogP contribution in [-0.4, -0.2) is 32.6 Å². The molecule has 0 radical (unpaired) electrons. The lowest BCUT2D eigenvalue weighted by Gasteiger charge is -2.18. The Bertz CT molecular complexity index is 387. The molecule has 1 aromatic rings. The van der Waals surface area contributed by atoms with Crippen LogP contribution in [0, 0.1) is 5.92 Å². The van der Waals surface area contributed by atoms with E-state index in [4.69, 9.17) is 5.73 Å². The van der Waals surface area contributed by atoms with Gasteiger partial charge in [-0.1, -0.05) is 32.0 Å². The molecule has 0 saturated carbocycles. The van der Waals surface area contributed by atoms with Crippen molar-refractivity contribution in [3.63, 3.8) is 0 Å². The van der Waals surface area contributed by atoms with E-state index < -0.39 is 0 Å². The summed E-state index contributed by atoms with van der Waals surface area (Å²) in [5, 5.41) is 3.15. The Morgan fingerprint density at radius 3 is 2.65 bits per heavy atom. The number of nitrogens with one attached hydrogen (secondary N) is 1. The summed E-state index contributed by atoms with van der Waals surface area (Å²) in [4.78, 5) is 6.58. The first-order chi connectivity index (χ1) is 9.59. The second-order valence-corrected chi connectivity index (χ2v) is 5.49. The summed E-state index contributed by atoms with van der Waals surface area (Å²) in [6.45, 7) is 7.05. The SMILES string of the molecule is CC(C)CCNC(N)=NCCCN(C)c1ccccc1. The fourth-order valence-electron chi connectivity index (χ4n) is 1.86. The molecule has 1 aromatic carbocycles. The van der Waals surface area contributed by atoms with E-state index in [0.717, 1.165) is 32.5 Å². The minimum absolute atomic E-state index is 0.563. The largest absolute Gasteiger partial charge is 0.375 e. The molecule has 4 heteroatoms. The van der Waals surface area contributed by atoms with E-state index >= 15 is 0 Å². The van der Waals surface area contributed by atoms with E-state index in [1.165, 1.54) is 5.69 Å². The number of aliphatic imine (C=N–C) groups is 1. The third-order valence-electron chi connectivity index (χ3n) is 3.16. The molecule has 3 N–H and O–H groups in total. The van der Waals surface area contributed by atoms with E-state index in [1.54, 1.807) is 0 Å². The summed E-state index contributed by atoms with van der Waals surface area (Å²) in [6.07, 6.45) is 2.12. The van der Waals surface area contributed by atoms with E-state index in [9.17, 15) is 0 Å². The van der Waals surface area contributed by atoms with Gasteiger partial charge in [0.15, 0.2) is 5.96 Å². The number of guanidine groups is 1. The van der Waals surface area contributed by atoms with Crippen LogP contribution < -0.4 is 16.0 Å². The molecule has 0 fully saturated rings. The Balaban J connectivity index is 2.17. The molecule has 1 rings (SSSR count). The highest BCUT2D eigenvalue weighted by Crippen LogP contribution is 2.10. The number of hydrogen-bond donors (Lipinski definition) is 2. The first kappa shape index (κ1) is 16.3. The minimum Gasteiger partial charge on any atom is -0.375 e. The van der Waals surface area contributed by atoms with Gasteiger partial charge in [0.1, 0.15) is 0 Å². The lowest BCUT2D eigenvalue weighted by molar-refractivity contribution is 0.576. The van der Waals surface area contributed by atoms with Gasteiger partial charge in [-0.2, -0.15) is 0 Å². The maximum absolute atomic E-state index is 5.81. The van der Waals surface area contributed by atoms with Crippen LogP contribution in [0.4, 0.5) is 5.69 Å². The highest BCUT2D eigenvalue weighted by atomic mass is 15.1. The van der Waals surface area contributed by atoms with Crippen LogP contribution in [0.25, 0.3) is 0 Å². The van der Waals surface area contributed by atoms with Gasteiger partial charge in [-0.25, -0.2) is 0 Å². The molecule has 0 amide bonds. The van der Waals surface area contributed by atoms with E-state index in [-0.39, 0.29) is 0 Å². The summed E-state index contributed by atoms with van der Waals surface area (Å²) in [7, 11) is 2.10. The highest BCUT2D eigenvalue weighted by Gasteiger charge is 1.99. The molecular weight excluding hydrogens is 248 g/mol. The van der Waals surface area contributed by atoms with Gasteiger partial charge in [0.05, 0.1) is 0 Å². The van der Waals surface area contributed by atoms with Crippen LogP contribution in [0.15, 0.2) is 35.3 Å². The van der Waals surface area contributed by atoms with Crippen molar-refractivity contribution >= 4 is 11.6 Å². The molecule has 0 heterocycles. The van der Waals surface area contributed by atoms with Crippen molar-refractivity contribution in [1.82, 2.24) is 5.32 Å². The van der Waals surface area contributed by atoms with Gasteiger partial charge in [-0.15, -0.1) is 0 Å². The van der Waals surface area contributed by atoms with Crippen LogP contribution in [0.1, 0.15) is 26.7 Å². The zero-order valence-corrected chi connectivity index (χ0v) is 13.0. The summed E-state index contributed by atoms with van der Waals surface area (Å²) >= 11 is 0. The Morgan fingerprint density at radius 1 is 1.30 bits per heavy atom. The summed E-state index contributed by atoms with van der Waals surface area (Å²) in [5.74, 6) is 1.25. The van der Waals surface area contributed by atoms with Crippen molar-refractivity contribution in [3.05, 3.63) is 30.3 Å².